The Balaban J connectivity index is 2.30. The number of carbonyl (C=O) groups excluding carboxylic acids is 2. The van der Waals surface area contributed by atoms with Crippen molar-refractivity contribution in [3.8, 4) is 0 Å². The molecule has 6 atom stereocenters. The van der Waals surface area contributed by atoms with Gasteiger partial charge in [0.05, 0.1) is 6.61 Å². The molecule has 65 heavy (non-hydrogen) atoms. The Kier molecular flexibility index (Phi) is 39.4. The number of hydrogen-bond donors (Lipinski definition) is 4. The van der Waals surface area contributed by atoms with Crippen LogP contribution in [0.25, 0.3) is 0 Å². The van der Waals surface area contributed by atoms with E-state index in [9.17, 15) is 37.9 Å². The van der Waals surface area contributed by atoms with Crippen LogP contribution in [-0.2, 0) is 38.7 Å². The molecule has 0 bridgehead atoms. The molecule has 0 aliphatic carbocycles. The van der Waals surface area contributed by atoms with Gasteiger partial charge in [0.2, 0.25) is 0 Å². The van der Waals surface area contributed by atoms with E-state index in [-0.39, 0.29) is 19.4 Å². The molecule has 1 aliphatic heterocycles. The standard InChI is InChI=1S/C52H94O12S/c1-3-5-7-9-11-13-15-17-18-19-20-21-22-23-24-25-26-27-29-30-32-34-36-38-40-47(53)61-42-45(43-62-52-51(57)50(56)49(55)46(64-52)44-65(58,59)60)63-48(54)41-39-37-35-33-31-28-16-14-12-10-8-6-4-2/h6,8,12,14,28,31,45-46,49-52,55-57H,3-5,7,9-11,13,15-27,29-30,32-44H2,1-2H3,(H,58,59,60)/b8-6-,14-12-,31-28-. The number of aliphatic hydroxyl groups is 3. The smallest absolute Gasteiger partial charge is 0.306 e. The largest absolute Gasteiger partial charge is 0.462 e. The molecule has 380 valence electrons. The molecule has 1 aliphatic rings. The molecule has 1 saturated heterocycles. The van der Waals surface area contributed by atoms with Crippen LogP contribution >= 0.6 is 0 Å². The summed E-state index contributed by atoms with van der Waals surface area (Å²) in [5, 5.41) is 30.9. The van der Waals surface area contributed by atoms with Gasteiger partial charge in [-0.3, -0.25) is 14.1 Å². The van der Waals surface area contributed by atoms with Crippen LogP contribution in [0.15, 0.2) is 36.5 Å². The van der Waals surface area contributed by atoms with Crippen LogP contribution in [-0.4, -0.2) is 96.0 Å². The van der Waals surface area contributed by atoms with Crippen molar-refractivity contribution in [2.45, 2.75) is 263 Å². The highest BCUT2D eigenvalue weighted by atomic mass is 32.2. The first kappa shape index (κ1) is 60.9. The van der Waals surface area contributed by atoms with E-state index < -0.39 is 71.2 Å². The van der Waals surface area contributed by atoms with E-state index in [0.29, 0.717) is 12.8 Å². The fourth-order valence-corrected chi connectivity index (χ4v) is 8.68. The molecule has 12 nitrogen and oxygen atoms in total. The maximum absolute atomic E-state index is 12.8. The van der Waals surface area contributed by atoms with E-state index in [2.05, 4.69) is 50.3 Å². The normalized spacial score (nSPS) is 19.8. The number of allylic oxidation sites excluding steroid dienone is 6. The number of hydrogen-bond acceptors (Lipinski definition) is 11. The lowest BCUT2D eigenvalue weighted by atomic mass is 10.00. The quantitative estimate of drug-likeness (QED) is 0.0196. The van der Waals surface area contributed by atoms with Gasteiger partial charge in [0.1, 0.15) is 36.8 Å². The molecule has 0 radical (unpaired) electrons. The van der Waals surface area contributed by atoms with Gasteiger partial charge in [-0.05, 0) is 44.9 Å². The molecule has 0 spiro atoms. The van der Waals surface area contributed by atoms with Crippen molar-refractivity contribution in [1.82, 2.24) is 0 Å². The van der Waals surface area contributed by atoms with Gasteiger partial charge < -0.3 is 34.3 Å². The maximum Gasteiger partial charge on any atom is 0.306 e. The lowest BCUT2D eigenvalue weighted by Crippen LogP contribution is -2.60. The Hall–Kier alpha value is -2.13. The third kappa shape index (κ3) is 36.6. The Labute approximate surface area is 395 Å². The maximum atomic E-state index is 12.8. The summed E-state index contributed by atoms with van der Waals surface area (Å²) < 4.78 is 54.2. The summed E-state index contributed by atoms with van der Waals surface area (Å²) in [4.78, 5) is 25.5. The number of esters is 2. The van der Waals surface area contributed by atoms with E-state index in [1.165, 1.54) is 128 Å². The highest BCUT2D eigenvalue weighted by Gasteiger charge is 2.46. The number of aliphatic hydroxyl groups excluding tert-OH is 3. The van der Waals surface area contributed by atoms with Gasteiger partial charge in [0, 0.05) is 12.8 Å². The zero-order chi connectivity index (χ0) is 47.6. The van der Waals surface area contributed by atoms with Crippen molar-refractivity contribution < 1.29 is 56.8 Å². The second-order valence-electron chi connectivity index (χ2n) is 18.2. The van der Waals surface area contributed by atoms with Crippen molar-refractivity contribution in [2.24, 2.45) is 0 Å². The SMILES string of the molecule is CC/C=C\C/C=C\C/C=C\CCCCCC(=O)OC(COC(=O)CCCCCCCCCCCCCCCCCCCCCCCCCC)COC1OC(CS(=O)(=O)O)C(O)C(O)C1O. The first-order chi connectivity index (χ1) is 31.5. The van der Waals surface area contributed by atoms with Gasteiger partial charge in [0.15, 0.2) is 12.4 Å². The van der Waals surface area contributed by atoms with E-state index >= 15 is 0 Å². The third-order valence-electron chi connectivity index (χ3n) is 12.0. The van der Waals surface area contributed by atoms with Crippen LogP contribution in [0.4, 0.5) is 0 Å². The topological polar surface area (TPSA) is 186 Å². The molecular formula is C52H94O12S. The summed E-state index contributed by atoms with van der Waals surface area (Å²) in [5.41, 5.74) is 0. The van der Waals surface area contributed by atoms with E-state index in [1.807, 2.05) is 0 Å². The molecule has 1 heterocycles. The second kappa shape index (κ2) is 42.0. The fourth-order valence-electron chi connectivity index (χ4n) is 7.99. The minimum absolute atomic E-state index is 0.131. The van der Waals surface area contributed by atoms with E-state index in [1.54, 1.807) is 0 Å². The van der Waals surface area contributed by atoms with Gasteiger partial charge in [-0.1, -0.05) is 204 Å². The molecule has 4 N–H and O–H groups in total. The van der Waals surface area contributed by atoms with E-state index in [4.69, 9.17) is 18.9 Å². The molecule has 13 heteroatoms. The van der Waals surface area contributed by atoms with E-state index in [0.717, 1.165) is 57.8 Å². The number of rotatable bonds is 44. The molecule has 0 aromatic carbocycles. The highest BCUT2D eigenvalue weighted by molar-refractivity contribution is 7.85. The summed E-state index contributed by atoms with van der Waals surface area (Å²) in [6, 6.07) is 0. The van der Waals surface area contributed by atoms with Crippen LogP contribution in [0.1, 0.15) is 226 Å². The first-order valence-corrected chi connectivity index (χ1v) is 27.7. The monoisotopic (exact) mass is 943 g/mol. The molecule has 0 aromatic heterocycles. The first-order valence-electron chi connectivity index (χ1n) is 26.0. The second-order valence-corrected chi connectivity index (χ2v) is 19.7. The Morgan fingerprint density at radius 2 is 0.969 bits per heavy atom. The van der Waals surface area contributed by atoms with Gasteiger partial charge in [-0.15, -0.1) is 0 Å². The third-order valence-corrected chi connectivity index (χ3v) is 12.7. The van der Waals surface area contributed by atoms with Crippen molar-refractivity contribution >= 4 is 22.1 Å². The van der Waals surface area contributed by atoms with Crippen LogP contribution in [0.2, 0.25) is 0 Å². The predicted octanol–water partition coefficient (Wildman–Crippen LogP) is 11.7. The summed E-state index contributed by atoms with van der Waals surface area (Å²) in [5.74, 6) is -2.01. The van der Waals surface area contributed by atoms with Crippen molar-refractivity contribution in [3.63, 3.8) is 0 Å². The Bertz CT molecular complexity index is 1330. The van der Waals surface area contributed by atoms with Crippen molar-refractivity contribution in [1.29, 1.82) is 0 Å². The highest BCUT2D eigenvalue weighted by Crippen LogP contribution is 2.24. The van der Waals surface area contributed by atoms with Crippen LogP contribution in [0.5, 0.6) is 0 Å². The lowest BCUT2D eigenvalue weighted by Gasteiger charge is -2.40. The zero-order valence-corrected chi connectivity index (χ0v) is 41.7. The minimum Gasteiger partial charge on any atom is -0.462 e. The van der Waals surface area contributed by atoms with Crippen LogP contribution in [0, 0.1) is 0 Å². The summed E-state index contributed by atoms with van der Waals surface area (Å²) in [6.07, 6.45) is 40.7. The Morgan fingerprint density at radius 3 is 1.45 bits per heavy atom. The average molecular weight is 943 g/mol. The summed E-state index contributed by atoms with van der Waals surface area (Å²) in [7, 11) is -4.61. The summed E-state index contributed by atoms with van der Waals surface area (Å²) in [6.45, 7) is 3.65. The molecule has 1 fully saturated rings. The molecule has 0 amide bonds. The average Bonchev–Trinajstić information content (AvgIpc) is 3.27. The molecule has 0 saturated carbocycles. The number of carbonyl (C=O) groups is 2. The summed E-state index contributed by atoms with van der Waals surface area (Å²) >= 11 is 0. The van der Waals surface area contributed by atoms with Gasteiger partial charge >= 0.3 is 11.9 Å². The predicted molar refractivity (Wildman–Crippen MR) is 261 cm³/mol. The number of unbranched alkanes of at least 4 members (excludes halogenated alkanes) is 26. The van der Waals surface area contributed by atoms with Gasteiger partial charge in [-0.25, -0.2) is 0 Å². The molecule has 0 aromatic rings. The van der Waals surface area contributed by atoms with Crippen molar-refractivity contribution in [2.75, 3.05) is 19.0 Å². The molecule has 6 unspecified atom stereocenters. The zero-order valence-electron chi connectivity index (χ0n) is 40.8. The number of ether oxygens (including phenoxy) is 4. The molecular weight excluding hydrogens is 849 g/mol. The molecule has 1 rings (SSSR count). The van der Waals surface area contributed by atoms with Gasteiger partial charge in [-0.2, -0.15) is 8.42 Å². The van der Waals surface area contributed by atoms with Crippen molar-refractivity contribution in [3.05, 3.63) is 36.5 Å². The van der Waals surface area contributed by atoms with Crippen LogP contribution in [0.3, 0.4) is 0 Å². The minimum atomic E-state index is -4.61. The Morgan fingerprint density at radius 1 is 0.538 bits per heavy atom. The van der Waals surface area contributed by atoms with Gasteiger partial charge in [0.25, 0.3) is 10.1 Å². The fraction of sp³-hybridized carbons (Fsp3) is 0.846. The van der Waals surface area contributed by atoms with Crippen LogP contribution < -0.4 is 0 Å². The lowest BCUT2D eigenvalue weighted by molar-refractivity contribution is -0.297.